The minimum absolute atomic E-state index is 0.361. The van der Waals surface area contributed by atoms with Gasteiger partial charge in [-0.25, -0.2) is 0 Å². The van der Waals surface area contributed by atoms with Gasteiger partial charge in [0.25, 0.3) is 0 Å². The first-order valence-electron chi connectivity index (χ1n) is 6.41. The number of rotatable bonds is 1. The van der Waals surface area contributed by atoms with Crippen LogP contribution in [0.5, 0.6) is 0 Å². The standard InChI is InChI=1S/C14H15N/c1-10-4-5-14(15-9-10)13-7-11(2)6-12(3)8-13/h4-9H,1-3H3/i2D3. The summed E-state index contributed by atoms with van der Waals surface area (Å²) in [4.78, 5) is 4.33. The molecule has 0 N–H and O–H groups in total. The van der Waals surface area contributed by atoms with Crippen molar-refractivity contribution in [3.63, 3.8) is 0 Å². The maximum Gasteiger partial charge on any atom is 0.0702 e. The van der Waals surface area contributed by atoms with E-state index in [4.69, 9.17) is 4.11 Å². The minimum atomic E-state index is -2.08. The van der Waals surface area contributed by atoms with Gasteiger partial charge >= 0.3 is 0 Å². The summed E-state index contributed by atoms with van der Waals surface area (Å²) >= 11 is 0. The molecule has 2 rings (SSSR count). The lowest BCUT2D eigenvalue weighted by molar-refractivity contribution is 1.26. The lowest BCUT2D eigenvalue weighted by Gasteiger charge is -2.04. The van der Waals surface area contributed by atoms with Crippen LogP contribution in [0.25, 0.3) is 11.3 Å². The summed E-state index contributed by atoms with van der Waals surface area (Å²) in [7, 11) is 0. The Morgan fingerprint density at radius 2 is 1.80 bits per heavy atom. The lowest BCUT2D eigenvalue weighted by atomic mass is 10.0. The highest BCUT2D eigenvalue weighted by atomic mass is 14.7. The van der Waals surface area contributed by atoms with Crippen molar-refractivity contribution in [3.05, 3.63) is 53.2 Å². The SMILES string of the molecule is [2H]C([2H])([2H])c1cc(C)cc(-c2ccc(C)cn2)c1. The summed E-state index contributed by atoms with van der Waals surface area (Å²) in [6.07, 6.45) is 1.78. The quantitative estimate of drug-likeness (QED) is 0.684. The molecule has 1 heterocycles. The van der Waals surface area contributed by atoms with E-state index >= 15 is 0 Å². The van der Waals surface area contributed by atoms with Crippen LogP contribution in [-0.2, 0) is 0 Å². The van der Waals surface area contributed by atoms with Crippen molar-refractivity contribution < 1.29 is 4.11 Å². The van der Waals surface area contributed by atoms with E-state index in [2.05, 4.69) is 4.98 Å². The summed E-state index contributed by atoms with van der Waals surface area (Å²) in [5.41, 5.74) is 4.03. The second kappa shape index (κ2) is 3.85. The third-order valence-corrected chi connectivity index (χ3v) is 2.28. The molecule has 0 saturated carbocycles. The number of hydrogen-bond acceptors (Lipinski definition) is 1. The Morgan fingerprint density at radius 3 is 2.47 bits per heavy atom. The summed E-state index contributed by atoms with van der Waals surface area (Å²) in [6.45, 7) is 1.79. The van der Waals surface area contributed by atoms with E-state index in [0.29, 0.717) is 5.56 Å². The highest BCUT2D eigenvalue weighted by molar-refractivity contribution is 5.61. The van der Waals surface area contributed by atoms with Crippen LogP contribution in [-0.4, -0.2) is 4.98 Å². The zero-order valence-corrected chi connectivity index (χ0v) is 8.91. The predicted molar refractivity (Wildman–Crippen MR) is 63.9 cm³/mol. The van der Waals surface area contributed by atoms with E-state index in [0.717, 1.165) is 22.4 Å². The van der Waals surface area contributed by atoms with Crippen LogP contribution >= 0.6 is 0 Å². The van der Waals surface area contributed by atoms with E-state index in [-0.39, 0.29) is 0 Å². The Balaban J connectivity index is 2.52. The first-order chi connectivity index (χ1) is 8.36. The smallest absolute Gasteiger partial charge is 0.0702 e. The van der Waals surface area contributed by atoms with E-state index in [9.17, 15) is 0 Å². The van der Waals surface area contributed by atoms with Crippen LogP contribution in [0.3, 0.4) is 0 Å². The molecule has 1 heteroatoms. The molecule has 0 unspecified atom stereocenters. The van der Waals surface area contributed by atoms with Crippen molar-refractivity contribution >= 4 is 0 Å². The summed E-state index contributed by atoms with van der Waals surface area (Å²) < 4.78 is 22.4. The van der Waals surface area contributed by atoms with Gasteiger partial charge in [0.1, 0.15) is 0 Å². The normalized spacial score (nSPS) is 14.1. The Kier molecular flexibility index (Phi) is 1.74. The summed E-state index contributed by atoms with van der Waals surface area (Å²) in [5, 5.41) is 0. The van der Waals surface area contributed by atoms with E-state index in [1.807, 2.05) is 32.0 Å². The van der Waals surface area contributed by atoms with Crippen LogP contribution in [0.2, 0.25) is 0 Å². The van der Waals surface area contributed by atoms with Gasteiger partial charge in [-0.1, -0.05) is 23.3 Å². The second-order valence-corrected chi connectivity index (χ2v) is 3.81. The number of nitrogens with zero attached hydrogens (tertiary/aromatic N) is 1. The Hall–Kier alpha value is -1.63. The summed E-state index contributed by atoms with van der Waals surface area (Å²) in [6, 6.07) is 9.22. The molecule has 15 heavy (non-hydrogen) atoms. The fourth-order valence-electron chi connectivity index (χ4n) is 1.57. The van der Waals surface area contributed by atoms with Gasteiger partial charge in [-0.05, 0) is 44.5 Å². The highest BCUT2D eigenvalue weighted by Crippen LogP contribution is 2.20. The van der Waals surface area contributed by atoms with E-state index < -0.39 is 6.85 Å². The van der Waals surface area contributed by atoms with Crippen molar-refractivity contribution in [1.82, 2.24) is 4.98 Å². The highest BCUT2D eigenvalue weighted by Gasteiger charge is 2.00. The van der Waals surface area contributed by atoms with Crippen LogP contribution in [0, 0.1) is 20.7 Å². The molecule has 0 amide bonds. The average molecular weight is 200 g/mol. The fraction of sp³-hybridized carbons (Fsp3) is 0.214. The molecule has 2 aromatic rings. The number of benzene rings is 1. The molecule has 1 aromatic carbocycles. The molecule has 0 aliphatic rings. The molecule has 76 valence electrons. The van der Waals surface area contributed by atoms with Crippen LogP contribution in [0.15, 0.2) is 36.5 Å². The number of aryl methyl sites for hydroxylation is 3. The first-order valence-corrected chi connectivity index (χ1v) is 4.91. The van der Waals surface area contributed by atoms with Crippen molar-refractivity contribution in [1.29, 1.82) is 0 Å². The van der Waals surface area contributed by atoms with Gasteiger partial charge in [0.15, 0.2) is 0 Å². The zero-order valence-electron chi connectivity index (χ0n) is 11.9. The first kappa shape index (κ1) is 6.78. The number of hydrogen-bond donors (Lipinski definition) is 0. The van der Waals surface area contributed by atoms with Gasteiger partial charge in [0.05, 0.1) is 5.69 Å². The number of aromatic nitrogens is 1. The third kappa shape index (κ3) is 2.24. The van der Waals surface area contributed by atoms with Gasteiger partial charge < -0.3 is 0 Å². The lowest BCUT2D eigenvalue weighted by Crippen LogP contribution is -1.86. The van der Waals surface area contributed by atoms with Gasteiger partial charge in [-0.3, -0.25) is 4.98 Å². The van der Waals surface area contributed by atoms with Crippen LogP contribution in [0.1, 0.15) is 20.8 Å². The molecule has 0 aliphatic heterocycles. The van der Waals surface area contributed by atoms with Gasteiger partial charge in [-0.2, -0.15) is 0 Å². The maximum absolute atomic E-state index is 7.48. The Labute approximate surface area is 95.0 Å². The topological polar surface area (TPSA) is 12.9 Å². The molecule has 1 aromatic heterocycles. The van der Waals surface area contributed by atoms with Crippen molar-refractivity contribution in [2.75, 3.05) is 0 Å². The monoisotopic (exact) mass is 200 g/mol. The largest absolute Gasteiger partial charge is 0.256 e. The Bertz CT molecular complexity index is 556. The van der Waals surface area contributed by atoms with E-state index in [1.165, 1.54) is 0 Å². The molecule has 1 nitrogen and oxygen atoms in total. The molecule has 0 aliphatic carbocycles. The number of pyridine rings is 1. The molecule has 0 fully saturated rings. The molecular weight excluding hydrogens is 182 g/mol. The zero-order chi connectivity index (χ0) is 13.3. The maximum atomic E-state index is 7.48. The van der Waals surface area contributed by atoms with Gasteiger partial charge in [0.2, 0.25) is 0 Å². The molecular formula is C14H15N. The summed E-state index contributed by atoms with van der Waals surface area (Å²) in [5.74, 6) is 0. The Morgan fingerprint density at radius 1 is 1.00 bits per heavy atom. The molecule has 0 saturated heterocycles. The van der Waals surface area contributed by atoms with Crippen molar-refractivity contribution in [2.45, 2.75) is 20.7 Å². The second-order valence-electron chi connectivity index (χ2n) is 3.81. The minimum Gasteiger partial charge on any atom is -0.256 e. The molecule has 0 atom stereocenters. The van der Waals surface area contributed by atoms with Gasteiger partial charge in [-0.15, -0.1) is 0 Å². The van der Waals surface area contributed by atoms with Crippen molar-refractivity contribution in [2.24, 2.45) is 0 Å². The predicted octanol–water partition coefficient (Wildman–Crippen LogP) is 3.67. The van der Waals surface area contributed by atoms with Crippen LogP contribution in [0.4, 0.5) is 0 Å². The third-order valence-electron chi connectivity index (χ3n) is 2.28. The average Bonchev–Trinajstić information content (AvgIpc) is 2.28. The molecule has 0 bridgehead atoms. The molecule has 0 spiro atoms. The fourth-order valence-corrected chi connectivity index (χ4v) is 1.57. The van der Waals surface area contributed by atoms with Crippen molar-refractivity contribution in [3.8, 4) is 11.3 Å². The van der Waals surface area contributed by atoms with Crippen LogP contribution < -0.4 is 0 Å². The van der Waals surface area contributed by atoms with Gasteiger partial charge in [0, 0.05) is 15.9 Å². The van der Waals surface area contributed by atoms with E-state index in [1.54, 1.807) is 18.3 Å². The molecule has 0 radical (unpaired) electrons.